The third-order valence-electron chi connectivity index (χ3n) is 2.80. The Labute approximate surface area is 106 Å². The van der Waals surface area contributed by atoms with E-state index in [1.54, 1.807) is 0 Å². The van der Waals surface area contributed by atoms with Gasteiger partial charge in [-0.25, -0.2) is 0 Å². The van der Waals surface area contributed by atoms with Crippen LogP contribution in [0.5, 0.6) is 0 Å². The molecule has 0 N–H and O–H groups in total. The summed E-state index contributed by atoms with van der Waals surface area (Å²) >= 11 is 13.5. The number of hydrogen-bond donors (Lipinski definition) is 0. The summed E-state index contributed by atoms with van der Waals surface area (Å²) in [4.78, 5) is 0.582. The van der Waals surface area contributed by atoms with Gasteiger partial charge < -0.3 is 0 Å². The molecule has 0 bridgehead atoms. The molecule has 2 rings (SSSR count). The quantitative estimate of drug-likeness (QED) is 0.623. The molecule has 0 radical (unpaired) electrons. The van der Waals surface area contributed by atoms with Crippen LogP contribution in [0.1, 0.15) is 30.7 Å². The van der Waals surface area contributed by atoms with E-state index in [4.69, 9.17) is 11.6 Å². The fourth-order valence-corrected chi connectivity index (χ4v) is 4.05. The highest BCUT2D eigenvalue weighted by atomic mass is 79.9. The van der Waals surface area contributed by atoms with Gasteiger partial charge in [0.25, 0.3) is 0 Å². The highest BCUT2D eigenvalue weighted by Crippen LogP contribution is 2.44. The van der Waals surface area contributed by atoms with Gasteiger partial charge in [0.2, 0.25) is 0 Å². The van der Waals surface area contributed by atoms with Gasteiger partial charge in [-0.2, -0.15) is 0 Å². The summed E-state index contributed by atoms with van der Waals surface area (Å²) in [5.41, 5.74) is 1.27. The molecule has 2 unspecified atom stereocenters. The van der Waals surface area contributed by atoms with E-state index in [9.17, 15) is 0 Å². The average molecular weight is 338 g/mol. The Morgan fingerprint density at radius 2 is 2.07 bits per heavy atom. The molecule has 76 valence electrons. The Bertz CT molecular complexity index is 318. The summed E-state index contributed by atoms with van der Waals surface area (Å²) in [6.07, 6.45) is 3.78. The van der Waals surface area contributed by atoms with Crippen molar-refractivity contribution >= 4 is 43.5 Å². The summed E-state index contributed by atoms with van der Waals surface area (Å²) < 4.78 is 1.14. The smallest absolute Gasteiger partial charge is 0.0452 e. The molecule has 1 aromatic carbocycles. The van der Waals surface area contributed by atoms with E-state index in [0.717, 1.165) is 9.50 Å². The normalized spacial score (nSPS) is 26.8. The van der Waals surface area contributed by atoms with Crippen molar-refractivity contribution in [3.63, 3.8) is 0 Å². The zero-order valence-electron chi connectivity index (χ0n) is 7.64. The van der Waals surface area contributed by atoms with Gasteiger partial charge in [-0.3, -0.25) is 0 Å². The van der Waals surface area contributed by atoms with Crippen molar-refractivity contribution in [2.75, 3.05) is 0 Å². The van der Waals surface area contributed by atoms with E-state index in [2.05, 4.69) is 37.9 Å². The fourth-order valence-electron chi connectivity index (χ4n) is 2.10. The molecule has 0 aromatic heterocycles. The molecule has 1 fully saturated rings. The molecule has 14 heavy (non-hydrogen) atoms. The number of hydrogen-bond acceptors (Lipinski definition) is 0. The SMILES string of the molecule is Clc1cccc(Br)c1C1CCCC1Br. The highest BCUT2D eigenvalue weighted by Gasteiger charge is 2.29. The standard InChI is InChI=1S/C11H11Br2Cl/c12-8-4-1-3-7(8)11-9(13)5-2-6-10(11)14/h2,5-8H,1,3-4H2. The fraction of sp³-hybridized carbons (Fsp3) is 0.455. The maximum atomic E-state index is 6.22. The molecule has 1 aromatic rings. The lowest BCUT2D eigenvalue weighted by Gasteiger charge is -2.17. The molecular weight excluding hydrogens is 327 g/mol. The second kappa shape index (κ2) is 4.54. The summed E-state index contributed by atoms with van der Waals surface area (Å²) in [7, 11) is 0. The minimum Gasteiger partial charge on any atom is -0.0884 e. The topological polar surface area (TPSA) is 0 Å². The minimum absolute atomic E-state index is 0.568. The molecule has 0 saturated heterocycles. The maximum absolute atomic E-state index is 6.22. The molecule has 1 saturated carbocycles. The van der Waals surface area contributed by atoms with Gasteiger partial charge in [0.1, 0.15) is 0 Å². The van der Waals surface area contributed by atoms with Gasteiger partial charge in [0.05, 0.1) is 0 Å². The van der Waals surface area contributed by atoms with Crippen LogP contribution in [0.25, 0.3) is 0 Å². The first-order chi connectivity index (χ1) is 6.70. The van der Waals surface area contributed by atoms with Crippen LogP contribution in [0.2, 0.25) is 5.02 Å². The van der Waals surface area contributed by atoms with E-state index >= 15 is 0 Å². The number of alkyl halides is 1. The lowest BCUT2D eigenvalue weighted by molar-refractivity contribution is 0.739. The maximum Gasteiger partial charge on any atom is 0.0452 e. The molecule has 2 atom stereocenters. The van der Waals surface area contributed by atoms with Crippen LogP contribution < -0.4 is 0 Å². The molecule has 0 aliphatic heterocycles. The summed E-state index contributed by atoms with van der Waals surface area (Å²) in [5, 5.41) is 0.885. The van der Waals surface area contributed by atoms with Crippen molar-refractivity contribution < 1.29 is 0 Å². The first-order valence-electron chi connectivity index (χ1n) is 4.78. The van der Waals surface area contributed by atoms with Gasteiger partial charge in [-0.15, -0.1) is 0 Å². The third-order valence-corrected chi connectivity index (χ3v) is 4.92. The zero-order valence-corrected chi connectivity index (χ0v) is 11.6. The lowest BCUT2D eigenvalue weighted by Crippen LogP contribution is -2.05. The third kappa shape index (κ3) is 2.02. The van der Waals surface area contributed by atoms with E-state index in [-0.39, 0.29) is 0 Å². The predicted molar refractivity (Wildman–Crippen MR) is 68.5 cm³/mol. The van der Waals surface area contributed by atoms with Crippen LogP contribution in [0, 0.1) is 0 Å². The van der Waals surface area contributed by atoms with E-state index in [1.807, 2.05) is 12.1 Å². The van der Waals surface area contributed by atoms with Gasteiger partial charge in [0.15, 0.2) is 0 Å². The lowest BCUT2D eigenvalue weighted by atomic mass is 9.98. The van der Waals surface area contributed by atoms with Crippen molar-refractivity contribution in [2.45, 2.75) is 30.0 Å². The number of rotatable bonds is 1. The Hall–Kier alpha value is 0.470. The average Bonchev–Trinajstić information content (AvgIpc) is 2.52. The Morgan fingerprint density at radius 1 is 1.29 bits per heavy atom. The van der Waals surface area contributed by atoms with E-state index in [0.29, 0.717) is 10.7 Å². The monoisotopic (exact) mass is 336 g/mol. The van der Waals surface area contributed by atoms with Crippen LogP contribution >= 0.6 is 43.5 Å². The van der Waals surface area contributed by atoms with Gasteiger partial charge in [-0.05, 0) is 36.5 Å². The molecule has 1 aliphatic carbocycles. The largest absolute Gasteiger partial charge is 0.0884 e. The second-order valence-corrected chi connectivity index (χ2v) is 6.13. The summed E-state index contributed by atoms with van der Waals surface area (Å²) in [5.74, 6) is 0.568. The second-order valence-electron chi connectivity index (χ2n) is 3.69. The van der Waals surface area contributed by atoms with Crippen molar-refractivity contribution in [1.29, 1.82) is 0 Å². The van der Waals surface area contributed by atoms with Gasteiger partial charge >= 0.3 is 0 Å². The molecule has 3 heteroatoms. The first kappa shape index (κ1) is 11.0. The molecule has 1 aliphatic rings. The first-order valence-corrected chi connectivity index (χ1v) is 6.87. The van der Waals surface area contributed by atoms with Crippen LogP contribution in [0.15, 0.2) is 22.7 Å². The van der Waals surface area contributed by atoms with Crippen molar-refractivity contribution in [2.24, 2.45) is 0 Å². The Balaban J connectivity index is 2.39. The molecule has 0 heterocycles. The predicted octanol–water partition coefficient (Wildman–Crippen LogP) is 5.13. The number of benzene rings is 1. The van der Waals surface area contributed by atoms with Crippen molar-refractivity contribution in [1.82, 2.24) is 0 Å². The van der Waals surface area contributed by atoms with Crippen molar-refractivity contribution in [3.8, 4) is 0 Å². The number of halogens is 3. The van der Waals surface area contributed by atoms with Gasteiger partial charge in [0, 0.05) is 14.3 Å². The Morgan fingerprint density at radius 3 is 2.64 bits per heavy atom. The molecular formula is C11H11Br2Cl. The summed E-state index contributed by atoms with van der Waals surface area (Å²) in [6.45, 7) is 0. The molecule has 0 spiro atoms. The minimum atomic E-state index is 0.568. The summed E-state index contributed by atoms with van der Waals surface area (Å²) in [6, 6.07) is 6.02. The van der Waals surface area contributed by atoms with E-state index < -0.39 is 0 Å². The highest BCUT2D eigenvalue weighted by molar-refractivity contribution is 9.10. The Kier molecular flexibility index (Phi) is 3.56. The van der Waals surface area contributed by atoms with Crippen LogP contribution in [-0.2, 0) is 0 Å². The van der Waals surface area contributed by atoms with Gasteiger partial charge in [-0.1, -0.05) is 55.9 Å². The van der Waals surface area contributed by atoms with E-state index in [1.165, 1.54) is 24.8 Å². The molecule has 0 amide bonds. The van der Waals surface area contributed by atoms with Crippen LogP contribution in [0.4, 0.5) is 0 Å². The molecule has 0 nitrogen and oxygen atoms in total. The zero-order chi connectivity index (χ0) is 10.1. The van der Waals surface area contributed by atoms with Crippen LogP contribution in [-0.4, -0.2) is 4.83 Å². The van der Waals surface area contributed by atoms with Crippen LogP contribution in [0.3, 0.4) is 0 Å². The van der Waals surface area contributed by atoms with Crippen molar-refractivity contribution in [3.05, 3.63) is 33.3 Å².